The smallest absolute Gasteiger partial charge is 0.373 e. The van der Waals surface area contributed by atoms with E-state index >= 15 is 0 Å². The number of hydrogen-bond acceptors (Lipinski definition) is 5. The second-order valence-corrected chi connectivity index (χ2v) is 4.53. The van der Waals surface area contributed by atoms with Crippen LogP contribution in [0.2, 0.25) is 0 Å². The van der Waals surface area contributed by atoms with Crippen LogP contribution in [0, 0.1) is 0 Å². The average molecular weight is 264 g/mol. The van der Waals surface area contributed by atoms with Crippen LogP contribution in [0.25, 0.3) is 0 Å². The molecule has 94 valence electrons. The van der Waals surface area contributed by atoms with Gasteiger partial charge in [-0.3, -0.25) is 4.79 Å². The molecule has 0 N–H and O–H groups in total. The van der Waals surface area contributed by atoms with Crippen LogP contribution in [0.4, 0.5) is 0 Å². The molecular weight excluding hydrogens is 252 g/mol. The molecule has 0 unspecified atom stereocenters. The molecule has 0 aromatic carbocycles. The molecule has 2 rings (SSSR count). The summed E-state index contributed by atoms with van der Waals surface area (Å²) >= 11 is 1.37. The molecule has 0 spiro atoms. The van der Waals surface area contributed by atoms with Gasteiger partial charge in [0.15, 0.2) is 5.76 Å². The van der Waals surface area contributed by atoms with Crippen molar-refractivity contribution in [2.24, 2.45) is 0 Å². The van der Waals surface area contributed by atoms with Crippen LogP contribution in [0.1, 0.15) is 38.5 Å². The van der Waals surface area contributed by atoms with Gasteiger partial charge in [0, 0.05) is 0 Å². The highest BCUT2D eigenvalue weighted by Gasteiger charge is 2.20. The SMILES string of the molecule is CCc1ccsc1C(=O)c1ccc(C(=O)OC)o1. The molecular formula is C13H12O4S. The maximum absolute atomic E-state index is 12.2. The van der Waals surface area contributed by atoms with Crippen LogP contribution in [-0.2, 0) is 11.2 Å². The minimum atomic E-state index is -0.587. The van der Waals surface area contributed by atoms with E-state index in [0.29, 0.717) is 4.88 Å². The number of esters is 1. The Morgan fingerprint density at radius 1 is 1.28 bits per heavy atom. The Kier molecular flexibility index (Phi) is 3.62. The summed E-state index contributed by atoms with van der Waals surface area (Å²) in [6.45, 7) is 1.99. The molecule has 0 saturated heterocycles. The summed E-state index contributed by atoms with van der Waals surface area (Å²) in [5.41, 5.74) is 0.987. The number of thiophene rings is 1. The molecule has 0 fully saturated rings. The van der Waals surface area contributed by atoms with Crippen molar-refractivity contribution in [1.29, 1.82) is 0 Å². The summed E-state index contributed by atoms with van der Waals surface area (Å²) in [7, 11) is 1.26. The Hall–Kier alpha value is -1.88. The summed E-state index contributed by atoms with van der Waals surface area (Å²) in [6.07, 6.45) is 0.787. The number of aryl methyl sites for hydroxylation is 1. The first kappa shape index (κ1) is 12.6. The molecule has 2 heterocycles. The van der Waals surface area contributed by atoms with Crippen molar-refractivity contribution in [3.8, 4) is 0 Å². The monoisotopic (exact) mass is 264 g/mol. The van der Waals surface area contributed by atoms with E-state index in [2.05, 4.69) is 4.74 Å². The van der Waals surface area contributed by atoms with Crippen molar-refractivity contribution >= 4 is 23.1 Å². The number of rotatable bonds is 4. The van der Waals surface area contributed by atoms with Gasteiger partial charge in [0.2, 0.25) is 11.5 Å². The lowest BCUT2D eigenvalue weighted by atomic mass is 10.1. The average Bonchev–Trinajstić information content (AvgIpc) is 3.05. The summed E-state index contributed by atoms with van der Waals surface area (Å²) in [4.78, 5) is 24.1. The highest BCUT2D eigenvalue weighted by molar-refractivity contribution is 7.12. The second-order valence-electron chi connectivity index (χ2n) is 3.61. The van der Waals surface area contributed by atoms with Gasteiger partial charge in [0.25, 0.3) is 0 Å². The first-order chi connectivity index (χ1) is 8.67. The second kappa shape index (κ2) is 5.18. The summed E-state index contributed by atoms with van der Waals surface area (Å²) in [6, 6.07) is 4.86. The first-order valence-electron chi connectivity index (χ1n) is 5.46. The molecule has 0 radical (unpaired) electrons. The molecule has 5 heteroatoms. The van der Waals surface area contributed by atoms with Gasteiger partial charge in [0.05, 0.1) is 12.0 Å². The van der Waals surface area contributed by atoms with Crippen LogP contribution in [0.15, 0.2) is 28.0 Å². The van der Waals surface area contributed by atoms with Crippen molar-refractivity contribution in [2.45, 2.75) is 13.3 Å². The van der Waals surface area contributed by atoms with Crippen LogP contribution < -0.4 is 0 Å². The zero-order chi connectivity index (χ0) is 13.1. The van der Waals surface area contributed by atoms with Gasteiger partial charge in [-0.25, -0.2) is 4.79 Å². The van der Waals surface area contributed by atoms with Crippen molar-refractivity contribution in [3.63, 3.8) is 0 Å². The Morgan fingerprint density at radius 3 is 2.67 bits per heavy atom. The van der Waals surface area contributed by atoms with Crippen molar-refractivity contribution in [3.05, 3.63) is 45.5 Å². The quantitative estimate of drug-likeness (QED) is 0.629. The minimum Gasteiger partial charge on any atom is -0.463 e. The van der Waals surface area contributed by atoms with E-state index < -0.39 is 5.97 Å². The van der Waals surface area contributed by atoms with Crippen molar-refractivity contribution in [2.75, 3.05) is 7.11 Å². The van der Waals surface area contributed by atoms with Gasteiger partial charge in [-0.1, -0.05) is 6.92 Å². The summed E-state index contributed by atoms with van der Waals surface area (Å²) < 4.78 is 9.73. The maximum atomic E-state index is 12.2. The zero-order valence-electron chi connectivity index (χ0n) is 10.1. The molecule has 18 heavy (non-hydrogen) atoms. The van der Waals surface area contributed by atoms with Crippen LogP contribution in [0.5, 0.6) is 0 Å². The molecule has 4 nitrogen and oxygen atoms in total. The third kappa shape index (κ3) is 2.22. The highest BCUT2D eigenvalue weighted by atomic mass is 32.1. The number of carbonyl (C=O) groups excluding carboxylic acids is 2. The van der Waals surface area contributed by atoms with E-state index in [1.54, 1.807) is 0 Å². The van der Waals surface area contributed by atoms with Gasteiger partial charge in [-0.15, -0.1) is 11.3 Å². The Labute approximate surface area is 108 Å². The van der Waals surface area contributed by atoms with E-state index in [1.165, 1.54) is 30.6 Å². The third-order valence-corrected chi connectivity index (χ3v) is 3.51. The van der Waals surface area contributed by atoms with E-state index in [4.69, 9.17) is 4.42 Å². The van der Waals surface area contributed by atoms with E-state index in [1.807, 2.05) is 18.4 Å². The zero-order valence-corrected chi connectivity index (χ0v) is 10.9. The molecule has 0 aliphatic rings. The van der Waals surface area contributed by atoms with Gasteiger partial charge < -0.3 is 9.15 Å². The van der Waals surface area contributed by atoms with Crippen LogP contribution in [-0.4, -0.2) is 18.9 Å². The molecule has 2 aromatic heterocycles. The predicted molar refractivity (Wildman–Crippen MR) is 67.2 cm³/mol. The highest BCUT2D eigenvalue weighted by Crippen LogP contribution is 2.22. The minimum absolute atomic E-state index is 0.0375. The topological polar surface area (TPSA) is 56.5 Å². The maximum Gasteiger partial charge on any atom is 0.373 e. The lowest BCUT2D eigenvalue weighted by Gasteiger charge is -1.98. The molecule has 0 saturated carbocycles. The van der Waals surface area contributed by atoms with E-state index in [0.717, 1.165) is 12.0 Å². The van der Waals surface area contributed by atoms with Crippen LogP contribution in [0.3, 0.4) is 0 Å². The van der Waals surface area contributed by atoms with E-state index in [9.17, 15) is 9.59 Å². The lowest BCUT2D eigenvalue weighted by molar-refractivity contribution is 0.0563. The van der Waals surface area contributed by atoms with Gasteiger partial charge >= 0.3 is 5.97 Å². The number of methoxy groups -OCH3 is 1. The Morgan fingerprint density at radius 2 is 2.00 bits per heavy atom. The molecule has 0 aliphatic carbocycles. The van der Waals surface area contributed by atoms with Gasteiger partial charge in [-0.2, -0.15) is 0 Å². The third-order valence-electron chi connectivity index (χ3n) is 2.55. The molecule has 0 amide bonds. The predicted octanol–water partition coefficient (Wildman–Crippen LogP) is 2.92. The fraction of sp³-hybridized carbons (Fsp3) is 0.231. The fourth-order valence-electron chi connectivity index (χ4n) is 1.60. The van der Waals surface area contributed by atoms with Gasteiger partial charge in [0.1, 0.15) is 0 Å². The number of carbonyl (C=O) groups is 2. The standard InChI is InChI=1S/C13H12O4S/c1-3-8-6-7-18-12(8)11(14)9-4-5-10(17-9)13(15)16-2/h4-7H,3H2,1-2H3. The number of furan rings is 1. The number of ether oxygens (including phenoxy) is 1. The Balaban J connectivity index is 2.29. The summed E-state index contributed by atoms with van der Waals surface area (Å²) in [5.74, 6) is -0.587. The largest absolute Gasteiger partial charge is 0.463 e. The molecule has 0 aliphatic heterocycles. The van der Waals surface area contributed by atoms with E-state index in [-0.39, 0.29) is 17.3 Å². The fourth-order valence-corrected chi connectivity index (χ4v) is 2.54. The van der Waals surface area contributed by atoms with Gasteiger partial charge in [-0.05, 0) is 35.6 Å². The molecule has 0 bridgehead atoms. The number of ketones is 1. The lowest BCUT2D eigenvalue weighted by Crippen LogP contribution is -2.01. The number of hydrogen-bond donors (Lipinski definition) is 0. The molecule has 2 aromatic rings. The van der Waals surface area contributed by atoms with Crippen molar-refractivity contribution < 1.29 is 18.7 Å². The Bertz CT molecular complexity index is 579. The summed E-state index contributed by atoms with van der Waals surface area (Å²) in [5, 5.41) is 1.87. The normalized spacial score (nSPS) is 10.3. The van der Waals surface area contributed by atoms with Crippen molar-refractivity contribution in [1.82, 2.24) is 0 Å². The van der Waals surface area contributed by atoms with Crippen LogP contribution >= 0.6 is 11.3 Å². The first-order valence-corrected chi connectivity index (χ1v) is 6.34. The molecule has 0 atom stereocenters.